The summed E-state index contributed by atoms with van der Waals surface area (Å²) in [6.45, 7) is 0. The van der Waals surface area contributed by atoms with E-state index in [4.69, 9.17) is 9.66 Å². The van der Waals surface area contributed by atoms with Crippen molar-refractivity contribution >= 4 is 20.8 Å². The van der Waals surface area contributed by atoms with E-state index in [1.54, 1.807) is 30.6 Å². The van der Waals surface area contributed by atoms with Crippen LogP contribution in [0.15, 0.2) is 64.3 Å². The van der Waals surface area contributed by atoms with Gasteiger partial charge in [0.25, 0.3) is 5.89 Å². The third kappa shape index (κ3) is 3.55. The molecule has 0 amide bonds. The van der Waals surface area contributed by atoms with Crippen LogP contribution in [-0.4, -0.2) is 23.5 Å². The number of benzene rings is 2. The van der Waals surface area contributed by atoms with Crippen molar-refractivity contribution in [1.82, 2.24) is 15.1 Å². The molecule has 0 aliphatic carbocycles. The van der Waals surface area contributed by atoms with Crippen LogP contribution >= 0.6 is 0 Å². The van der Waals surface area contributed by atoms with E-state index in [2.05, 4.69) is 15.1 Å². The van der Waals surface area contributed by atoms with Crippen molar-refractivity contribution in [3.05, 3.63) is 72.1 Å². The van der Waals surface area contributed by atoms with Gasteiger partial charge >= 0.3 is 0 Å². The Morgan fingerprint density at radius 2 is 2.00 bits per heavy atom. The second-order valence-electron chi connectivity index (χ2n) is 5.94. The summed E-state index contributed by atoms with van der Waals surface area (Å²) in [5, 5.41) is 10.4. The molecule has 0 saturated heterocycles. The number of hydrogen-bond acceptors (Lipinski definition) is 6. The van der Waals surface area contributed by atoms with Gasteiger partial charge in [0.2, 0.25) is 10.0 Å². The number of halogens is 1. The molecule has 2 aromatic heterocycles. The number of aromatic nitrogens is 3. The van der Waals surface area contributed by atoms with Crippen LogP contribution in [0.1, 0.15) is 11.4 Å². The number of primary sulfonamides is 1. The summed E-state index contributed by atoms with van der Waals surface area (Å²) in [6, 6.07) is 10.6. The lowest BCUT2D eigenvalue weighted by Gasteiger charge is -2.02. The molecule has 4 aromatic rings. The van der Waals surface area contributed by atoms with Gasteiger partial charge in [-0.3, -0.25) is 4.98 Å². The van der Waals surface area contributed by atoms with Gasteiger partial charge in [0.1, 0.15) is 5.82 Å². The molecule has 0 radical (unpaired) electrons. The molecular formula is C18H13FN4O3S. The molecule has 7 nitrogen and oxygen atoms in total. The fourth-order valence-electron chi connectivity index (χ4n) is 2.80. The highest BCUT2D eigenvalue weighted by molar-refractivity contribution is 7.89. The number of nitrogens with zero attached hydrogens (tertiary/aromatic N) is 3. The average Bonchev–Trinajstić information content (AvgIpc) is 3.09. The monoisotopic (exact) mass is 384 g/mol. The zero-order chi connectivity index (χ0) is 19.0. The maximum absolute atomic E-state index is 13.9. The molecule has 9 heteroatoms. The zero-order valence-corrected chi connectivity index (χ0v) is 14.6. The third-order valence-corrected chi connectivity index (χ3v) is 4.92. The van der Waals surface area contributed by atoms with E-state index in [0.717, 1.165) is 5.39 Å². The second-order valence-corrected chi connectivity index (χ2v) is 7.50. The Morgan fingerprint density at radius 3 is 2.81 bits per heavy atom. The van der Waals surface area contributed by atoms with Crippen LogP contribution < -0.4 is 5.14 Å². The Balaban J connectivity index is 1.69. The minimum atomic E-state index is -3.80. The Bertz CT molecular complexity index is 1250. The van der Waals surface area contributed by atoms with Gasteiger partial charge in [-0.1, -0.05) is 17.3 Å². The summed E-state index contributed by atoms with van der Waals surface area (Å²) in [4.78, 5) is 8.31. The summed E-state index contributed by atoms with van der Waals surface area (Å²) in [7, 11) is -3.80. The van der Waals surface area contributed by atoms with Crippen molar-refractivity contribution in [2.45, 2.75) is 11.3 Å². The molecule has 136 valence electrons. The van der Waals surface area contributed by atoms with Crippen molar-refractivity contribution in [1.29, 1.82) is 0 Å². The minimum Gasteiger partial charge on any atom is -0.334 e. The van der Waals surface area contributed by atoms with Crippen molar-refractivity contribution in [3.63, 3.8) is 0 Å². The second kappa shape index (κ2) is 6.53. The van der Waals surface area contributed by atoms with E-state index >= 15 is 0 Å². The maximum Gasteiger partial charge on any atom is 0.258 e. The molecule has 4 rings (SSSR count). The first-order valence-electron chi connectivity index (χ1n) is 7.88. The summed E-state index contributed by atoms with van der Waals surface area (Å²) < 4.78 is 42.1. The molecule has 0 spiro atoms. The molecule has 0 aliphatic rings. The van der Waals surface area contributed by atoms with E-state index in [1.807, 2.05) is 0 Å². The first kappa shape index (κ1) is 17.3. The molecule has 0 fully saturated rings. The highest BCUT2D eigenvalue weighted by atomic mass is 32.2. The Hall–Kier alpha value is -3.17. The van der Waals surface area contributed by atoms with E-state index in [9.17, 15) is 12.8 Å². The van der Waals surface area contributed by atoms with Gasteiger partial charge in [-0.15, -0.1) is 0 Å². The number of hydrogen-bond donors (Lipinski definition) is 1. The maximum atomic E-state index is 13.9. The number of sulfonamides is 1. The van der Waals surface area contributed by atoms with Crippen molar-refractivity contribution in [2.75, 3.05) is 0 Å². The lowest BCUT2D eigenvalue weighted by Crippen LogP contribution is -2.12. The van der Waals surface area contributed by atoms with Crippen LogP contribution in [0.5, 0.6) is 0 Å². The van der Waals surface area contributed by atoms with Gasteiger partial charge in [0, 0.05) is 24.2 Å². The Kier molecular flexibility index (Phi) is 4.17. The Labute approximate surface area is 153 Å². The summed E-state index contributed by atoms with van der Waals surface area (Å²) >= 11 is 0. The first-order chi connectivity index (χ1) is 12.9. The smallest absolute Gasteiger partial charge is 0.258 e. The van der Waals surface area contributed by atoms with Crippen molar-refractivity contribution in [3.8, 4) is 11.5 Å². The largest absolute Gasteiger partial charge is 0.334 e. The predicted molar refractivity (Wildman–Crippen MR) is 95.6 cm³/mol. The van der Waals surface area contributed by atoms with E-state index in [1.165, 1.54) is 24.3 Å². The minimum absolute atomic E-state index is 0.00680. The number of fused-ring (bicyclic) bond motifs is 1. The molecule has 2 N–H and O–H groups in total. The lowest BCUT2D eigenvalue weighted by atomic mass is 10.1. The SMILES string of the molecule is NS(=O)(=O)c1cccc(Cc2noc(-c3cc(F)cc4cnccc34)n2)c1. The molecule has 0 saturated carbocycles. The number of rotatable bonds is 4. The molecule has 27 heavy (non-hydrogen) atoms. The van der Waals surface area contributed by atoms with Crippen molar-refractivity contribution < 1.29 is 17.3 Å². The Morgan fingerprint density at radius 1 is 1.15 bits per heavy atom. The highest BCUT2D eigenvalue weighted by Crippen LogP contribution is 2.28. The molecule has 2 aromatic carbocycles. The molecule has 2 heterocycles. The van der Waals surface area contributed by atoms with Crippen LogP contribution in [-0.2, 0) is 16.4 Å². The summed E-state index contributed by atoms with van der Waals surface area (Å²) in [5.74, 6) is 0.0671. The van der Waals surface area contributed by atoms with Gasteiger partial charge in [-0.25, -0.2) is 17.9 Å². The average molecular weight is 384 g/mol. The normalized spacial score (nSPS) is 11.8. The van der Waals surface area contributed by atoms with Crippen LogP contribution in [0.3, 0.4) is 0 Å². The lowest BCUT2D eigenvalue weighted by molar-refractivity contribution is 0.424. The third-order valence-electron chi connectivity index (χ3n) is 4.01. The number of nitrogens with two attached hydrogens (primary N) is 1. The predicted octanol–water partition coefficient (Wildman–Crippen LogP) is 2.66. The zero-order valence-electron chi connectivity index (χ0n) is 13.8. The molecule has 0 aliphatic heterocycles. The molecule has 0 atom stereocenters. The highest BCUT2D eigenvalue weighted by Gasteiger charge is 2.15. The standard InChI is InChI=1S/C18H13FN4O3S/c19-13-8-12-10-21-5-4-15(12)16(9-13)18-22-17(23-26-18)7-11-2-1-3-14(6-11)27(20,24)25/h1-6,8-10H,7H2,(H2,20,24,25). The summed E-state index contributed by atoms with van der Waals surface area (Å²) in [6.07, 6.45) is 3.39. The molecule has 0 unspecified atom stereocenters. The van der Waals surface area contributed by atoms with E-state index in [-0.39, 0.29) is 17.2 Å². The molecular weight excluding hydrogens is 371 g/mol. The van der Waals surface area contributed by atoms with Crippen LogP contribution in [0.25, 0.3) is 22.2 Å². The first-order valence-corrected chi connectivity index (χ1v) is 9.43. The van der Waals surface area contributed by atoms with Gasteiger partial charge in [0.15, 0.2) is 5.82 Å². The quantitative estimate of drug-likeness (QED) is 0.579. The van der Waals surface area contributed by atoms with Gasteiger partial charge < -0.3 is 4.52 Å². The fraction of sp³-hybridized carbons (Fsp3) is 0.0556. The van der Waals surface area contributed by atoms with Crippen LogP contribution in [0.4, 0.5) is 4.39 Å². The van der Waals surface area contributed by atoms with Gasteiger partial charge in [0.05, 0.1) is 10.5 Å². The summed E-state index contributed by atoms with van der Waals surface area (Å²) in [5.41, 5.74) is 1.12. The van der Waals surface area contributed by atoms with Gasteiger partial charge in [-0.2, -0.15) is 4.98 Å². The van der Waals surface area contributed by atoms with Crippen LogP contribution in [0.2, 0.25) is 0 Å². The van der Waals surface area contributed by atoms with E-state index < -0.39 is 15.8 Å². The van der Waals surface area contributed by atoms with Crippen LogP contribution in [0, 0.1) is 5.82 Å². The molecule has 0 bridgehead atoms. The topological polar surface area (TPSA) is 112 Å². The number of pyridine rings is 1. The van der Waals surface area contributed by atoms with E-state index in [0.29, 0.717) is 22.3 Å². The fourth-order valence-corrected chi connectivity index (χ4v) is 3.38. The van der Waals surface area contributed by atoms with Gasteiger partial charge in [-0.05, 0) is 41.3 Å². The van der Waals surface area contributed by atoms with Crippen molar-refractivity contribution in [2.24, 2.45) is 5.14 Å².